The maximum atomic E-state index is 2.51. The molecule has 1 fully saturated rings. The standard InChI is InChI=1S/C15H23NS/c1-13(14-7-4-3-5-8-14)15-9-6-11-16(17-2)12-10-15/h3-5,7-8,13,15H,6,9-12H2,1-2H3. The molecule has 1 aliphatic rings. The van der Waals surface area contributed by atoms with Gasteiger partial charge in [-0.25, -0.2) is 0 Å². The summed E-state index contributed by atoms with van der Waals surface area (Å²) in [5.74, 6) is 1.56. The Kier molecular flexibility index (Phi) is 4.93. The number of hydrogen-bond donors (Lipinski definition) is 0. The van der Waals surface area contributed by atoms with E-state index in [9.17, 15) is 0 Å². The smallest absolute Gasteiger partial charge is 0.00920 e. The quantitative estimate of drug-likeness (QED) is 0.740. The van der Waals surface area contributed by atoms with Crippen LogP contribution in [0, 0.1) is 5.92 Å². The lowest BCUT2D eigenvalue weighted by atomic mass is 9.83. The van der Waals surface area contributed by atoms with E-state index in [4.69, 9.17) is 0 Å². The fourth-order valence-corrected chi connectivity index (χ4v) is 3.41. The third-order valence-corrected chi connectivity index (χ3v) is 4.90. The Hall–Kier alpha value is -0.470. The van der Waals surface area contributed by atoms with Crippen molar-refractivity contribution < 1.29 is 0 Å². The molecular formula is C15H23NS. The molecule has 1 aromatic rings. The molecule has 1 saturated heterocycles. The average Bonchev–Trinajstić information content (AvgIpc) is 2.64. The zero-order chi connectivity index (χ0) is 12.1. The van der Waals surface area contributed by atoms with Crippen molar-refractivity contribution in [3.63, 3.8) is 0 Å². The highest BCUT2D eigenvalue weighted by Gasteiger charge is 2.22. The third kappa shape index (κ3) is 3.49. The largest absolute Gasteiger partial charge is 0.251 e. The van der Waals surface area contributed by atoms with Gasteiger partial charge in [-0.05, 0) is 42.9 Å². The molecule has 94 valence electrons. The Morgan fingerprint density at radius 1 is 1.18 bits per heavy atom. The van der Waals surface area contributed by atoms with Crippen LogP contribution in [-0.4, -0.2) is 23.7 Å². The number of benzene rings is 1. The lowest BCUT2D eigenvalue weighted by molar-refractivity contribution is 0.394. The fraction of sp³-hybridized carbons (Fsp3) is 0.600. The first-order chi connectivity index (χ1) is 8.31. The molecule has 2 heteroatoms. The van der Waals surface area contributed by atoms with Gasteiger partial charge in [0.2, 0.25) is 0 Å². The first kappa shape index (κ1) is 13.0. The zero-order valence-electron chi connectivity index (χ0n) is 10.9. The van der Waals surface area contributed by atoms with Crippen LogP contribution in [0.2, 0.25) is 0 Å². The summed E-state index contributed by atoms with van der Waals surface area (Å²) in [7, 11) is 0. The van der Waals surface area contributed by atoms with Crippen LogP contribution in [0.25, 0.3) is 0 Å². The van der Waals surface area contributed by atoms with E-state index < -0.39 is 0 Å². The predicted octanol–water partition coefficient (Wildman–Crippen LogP) is 4.17. The van der Waals surface area contributed by atoms with Crippen molar-refractivity contribution in [1.29, 1.82) is 0 Å². The number of hydrogen-bond acceptors (Lipinski definition) is 2. The highest BCUT2D eigenvalue weighted by molar-refractivity contribution is 7.96. The van der Waals surface area contributed by atoms with Gasteiger partial charge in [0.1, 0.15) is 0 Å². The maximum Gasteiger partial charge on any atom is 0.00920 e. The van der Waals surface area contributed by atoms with Crippen LogP contribution in [0.4, 0.5) is 0 Å². The third-order valence-electron chi connectivity index (χ3n) is 4.02. The van der Waals surface area contributed by atoms with Gasteiger partial charge >= 0.3 is 0 Å². The molecule has 2 atom stereocenters. The van der Waals surface area contributed by atoms with Crippen LogP contribution >= 0.6 is 11.9 Å². The van der Waals surface area contributed by atoms with Crippen molar-refractivity contribution in [3.05, 3.63) is 35.9 Å². The van der Waals surface area contributed by atoms with E-state index in [2.05, 4.69) is 47.8 Å². The van der Waals surface area contributed by atoms with Crippen LogP contribution in [0.3, 0.4) is 0 Å². The van der Waals surface area contributed by atoms with Crippen LogP contribution in [0.15, 0.2) is 30.3 Å². The topological polar surface area (TPSA) is 3.24 Å². The fourth-order valence-electron chi connectivity index (χ4n) is 2.81. The highest BCUT2D eigenvalue weighted by atomic mass is 32.2. The Morgan fingerprint density at radius 2 is 1.94 bits per heavy atom. The van der Waals surface area contributed by atoms with Crippen molar-refractivity contribution >= 4 is 11.9 Å². The Morgan fingerprint density at radius 3 is 2.65 bits per heavy atom. The first-order valence-electron chi connectivity index (χ1n) is 6.65. The molecule has 17 heavy (non-hydrogen) atoms. The predicted molar refractivity (Wildman–Crippen MR) is 77.3 cm³/mol. The SMILES string of the molecule is CSN1CCCC(C(C)c2ccccc2)CC1. The maximum absolute atomic E-state index is 2.51. The van der Waals surface area contributed by atoms with Crippen molar-refractivity contribution in [2.45, 2.75) is 32.1 Å². The summed E-state index contributed by atoms with van der Waals surface area (Å²) in [5.41, 5.74) is 1.51. The van der Waals surface area contributed by atoms with Crippen molar-refractivity contribution in [2.75, 3.05) is 19.3 Å². The van der Waals surface area contributed by atoms with Crippen molar-refractivity contribution in [1.82, 2.24) is 4.31 Å². The molecule has 1 nitrogen and oxygen atoms in total. The van der Waals surface area contributed by atoms with Crippen LogP contribution in [-0.2, 0) is 0 Å². The first-order valence-corrected chi connectivity index (χ1v) is 7.83. The second kappa shape index (κ2) is 6.46. The highest BCUT2D eigenvalue weighted by Crippen LogP contribution is 2.33. The molecular weight excluding hydrogens is 226 g/mol. The van der Waals surface area contributed by atoms with E-state index in [1.165, 1.54) is 37.9 Å². The lowest BCUT2D eigenvalue weighted by Crippen LogP contribution is -2.17. The van der Waals surface area contributed by atoms with Crippen LogP contribution in [0.1, 0.15) is 37.7 Å². The molecule has 1 aromatic carbocycles. The molecule has 0 saturated carbocycles. The van der Waals surface area contributed by atoms with Crippen molar-refractivity contribution in [2.24, 2.45) is 5.92 Å². The summed E-state index contributed by atoms with van der Waals surface area (Å²) in [6, 6.07) is 11.0. The molecule has 0 spiro atoms. The molecule has 1 aliphatic heterocycles. The Labute approximate surface area is 110 Å². The van der Waals surface area contributed by atoms with Crippen molar-refractivity contribution in [3.8, 4) is 0 Å². The molecule has 0 amide bonds. The monoisotopic (exact) mass is 249 g/mol. The summed E-state index contributed by atoms with van der Waals surface area (Å²) in [4.78, 5) is 0. The normalized spacial score (nSPS) is 24.2. The second-order valence-electron chi connectivity index (χ2n) is 5.00. The van der Waals surface area contributed by atoms with E-state index in [1.54, 1.807) is 0 Å². The van der Waals surface area contributed by atoms with E-state index in [0.29, 0.717) is 5.92 Å². The molecule has 0 aromatic heterocycles. The minimum absolute atomic E-state index is 0.706. The number of nitrogens with zero attached hydrogens (tertiary/aromatic N) is 1. The molecule has 0 N–H and O–H groups in total. The van der Waals surface area contributed by atoms with Gasteiger partial charge in [-0.15, -0.1) is 0 Å². The molecule has 2 unspecified atom stereocenters. The van der Waals surface area contributed by atoms with Gasteiger partial charge in [-0.3, -0.25) is 4.31 Å². The minimum atomic E-state index is 0.706. The molecule has 2 rings (SSSR count). The van der Waals surface area contributed by atoms with E-state index >= 15 is 0 Å². The Balaban J connectivity index is 1.98. The van der Waals surface area contributed by atoms with Gasteiger partial charge in [-0.1, -0.05) is 49.2 Å². The van der Waals surface area contributed by atoms with Gasteiger partial charge in [0, 0.05) is 13.1 Å². The summed E-state index contributed by atoms with van der Waals surface area (Å²) < 4.78 is 2.51. The molecule has 0 bridgehead atoms. The molecule has 0 radical (unpaired) electrons. The van der Waals surface area contributed by atoms with Crippen LogP contribution in [0.5, 0.6) is 0 Å². The van der Waals surface area contributed by atoms with Gasteiger partial charge in [0.05, 0.1) is 0 Å². The van der Waals surface area contributed by atoms with Gasteiger partial charge < -0.3 is 0 Å². The summed E-state index contributed by atoms with van der Waals surface area (Å²) >= 11 is 1.90. The minimum Gasteiger partial charge on any atom is -0.251 e. The van der Waals surface area contributed by atoms with Gasteiger partial charge in [0.25, 0.3) is 0 Å². The molecule has 1 heterocycles. The van der Waals surface area contributed by atoms with Crippen LogP contribution < -0.4 is 0 Å². The second-order valence-corrected chi connectivity index (χ2v) is 5.88. The van der Waals surface area contributed by atoms with E-state index in [0.717, 1.165) is 5.92 Å². The lowest BCUT2D eigenvalue weighted by Gasteiger charge is -2.23. The van der Waals surface area contributed by atoms with Gasteiger partial charge in [-0.2, -0.15) is 0 Å². The summed E-state index contributed by atoms with van der Waals surface area (Å²) in [6.45, 7) is 4.91. The van der Waals surface area contributed by atoms with Gasteiger partial charge in [0.15, 0.2) is 0 Å². The molecule has 0 aliphatic carbocycles. The Bertz CT molecular complexity index is 325. The average molecular weight is 249 g/mol. The van der Waals surface area contributed by atoms with E-state index in [1.807, 2.05) is 11.9 Å². The summed E-state index contributed by atoms with van der Waals surface area (Å²) in [6.07, 6.45) is 6.27. The summed E-state index contributed by atoms with van der Waals surface area (Å²) in [5, 5.41) is 0. The van der Waals surface area contributed by atoms with E-state index in [-0.39, 0.29) is 0 Å². The number of rotatable bonds is 3. The zero-order valence-corrected chi connectivity index (χ0v) is 11.7.